The summed E-state index contributed by atoms with van der Waals surface area (Å²) < 4.78 is 3.09. The smallest absolute Gasteiger partial charge is 0.140 e. The summed E-state index contributed by atoms with van der Waals surface area (Å²) in [6.45, 7) is 2.06. The van der Waals surface area contributed by atoms with Gasteiger partial charge in [0.25, 0.3) is 0 Å². The Morgan fingerprint density at radius 2 is 1.94 bits per heavy atom. The Morgan fingerprint density at radius 3 is 2.71 bits per heavy atom. The Hall–Kier alpha value is -1.68. The molecule has 0 saturated heterocycles. The number of aryl methyl sites for hydroxylation is 1. The minimum atomic E-state index is 0.966. The maximum absolute atomic E-state index is 4.64. The van der Waals surface area contributed by atoms with Crippen LogP contribution in [0.4, 0.5) is 0 Å². The SMILES string of the molecule is Cc1cc(Br)cn2cc(-c3ccncc3)nc12. The molecule has 0 N–H and O–H groups in total. The summed E-state index contributed by atoms with van der Waals surface area (Å²) >= 11 is 3.49. The van der Waals surface area contributed by atoms with Crippen LogP contribution in [0, 0.1) is 6.92 Å². The Morgan fingerprint density at radius 1 is 1.18 bits per heavy atom. The second-order valence-electron chi connectivity index (χ2n) is 3.93. The van der Waals surface area contributed by atoms with E-state index in [1.54, 1.807) is 12.4 Å². The van der Waals surface area contributed by atoms with Gasteiger partial charge < -0.3 is 4.40 Å². The molecule has 0 unspecified atom stereocenters. The molecular formula is C13H10BrN3. The highest BCUT2D eigenvalue weighted by Gasteiger charge is 2.06. The van der Waals surface area contributed by atoms with Gasteiger partial charge in [0.2, 0.25) is 0 Å². The number of hydrogen-bond acceptors (Lipinski definition) is 2. The first-order chi connectivity index (χ1) is 8.24. The lowest BCUT2D eigenvalue weighted by atomic mass is 10.2. The zero-order valence-corrected chi connectivity index (χ0v) is 10.8. The average molecular weight is 288 g/mol. The van der Waals surface area contributed by atoms with Crippen LogP contribution >= 0.6 is 15.9 Å². The predicted molar refractivity (Wildman–Crippen MR) is 70.9 cm³/mol. The van der Waals surface area contributed by atoms with Gasteiger partial charge in [0.1, 0.15) is 5.65 Å². The van der Waals surface area contributed by atoms with E-state index < -0.39 is 0 Å². The second-order valence-corrected chi connectivity index (χ2v) is 4.85. The summed E-state index contributed by atoms with van der Waals surface area (Å²) in [4.78, 5) is 8.65. The molecule has 0 bridgehead atoms. The molecule has 0 aliphatic carbocycles. The van der Waals surface area contributed by atoms with Crippen molar-refractivity contribution in [3.05, 3.63) is 53.0 Å². The monoisotopic (exact) mass is 287 g/mol. The Bertz CT molecular complexity index is 674. The summed E-state index contributed by atoms with van der Waals surface area (Å²) in [5.41, 5.74) is 4.19. The Kier molecular flexibility index (Phi) is 2.44. The van der Waals surface area contributed by atoms with Crippen molar-refractivity contribution in [2.45, 2.75) is 6.92 Å². The molecule has 0 saturated carbocycles. The minimum Gasteiger partial charge on any atom is -0.305 e. The maximum atomic E-state index is 4.64. The molecule has 0 aromatic carbocycles. The Balaban J connectivity index is 2.24. The molecule has 0 atom stereocenters. The molecule has 0 aliphatic heterocycles. The zero-order valence-electron chi connectivity index (χ0n) is 9.26. The fourth-order valence-corrected chi connectivity index (χ4v) is 2.45. The number of imidazole rings is 1. The summed E-state index contributed by atoms with van der Waals surface area (Å²) in [5, 5.41) is 0. The summed E-state index contributed by atoms with van der Waals surface area (Å²) in [6.07, 6.45) is 7.60. The number of hydrogen-bond donors (Lipinski definition) is 0. The molecule has 0 radical (unpaired) electrons. The topological polar surface area (TPSA) is 30.2 Å². The van der Waals surface area contributed by atoms with Crippen LogP contribution < -0.4 is 0 Å². The van der Waals surface area contributed by atoms with E-state index in [0.29, 0.717) is 0 Å². The third-order valence-corrected chi connectivity index (χ3v) is 3.11. The molecule has 0 amide bonds. The van der Waals surface area contributed by atoms with E-state index in [1.807, 2.05) is 28.9 Å². The molecule has 84 valence electrons. The number of halogens is 1. The van der Waals surface area contributed by atoms with Gasteiger partial charge >= 0.3 is 0 Å². The maximum Gasteiger partial charge on any atom is 0.140 e. The van der Waals surface area contributed by atoms with Crippen molar-refractivity contribution in [2.24, 2.45) is 0 Å². The average Bonchev–Trinajstić information content (AvgIpc) is 2.74. The number of nitrogens with zero attached hydrogens (tertiary/aromatic N) is 3. The van der Waals surface area contributed by atoms with E-state index in [0.717, 1.165) is 26.9 Å². The van der Waals surface area contributed by atoms with Gasteiger partial charge in [-0.25, -0.2) is 4.98 Å². The van der Waals surface area contributed by atoms with Gasteiger partial charge in [-0.15, -0.1) is 0 Å². The van der Waals surface area contributed by atoms with Crippen LogP contribution in [0.1, 0.15) is 5.56 Å². The highest BCUT2D eigenvalue weighted by molar-refractivity contribution is 9.10. The van der Waals surface area contributed by atoms with E-state index in [9.17, 15) is 0 Å². The van der Waals surface area contributed by atoms with Gasteiger partial charge in [-0.2, -0.15) is 0 Å². The molecule has 3 nitrogen and oxygen atoms in total. The molecule has 0 spiro atoms. The standard InChI is InChI=1S/C13H10BrN3/c1-9-6-11(14)7-17-8-12(16-13(9)17)10-2-4-15-5-3-10/h2-8H,1H3. The molecule has 3 aromatic rings. The highest BCUT2D eigenvalue weighted by atomic mass is 79.9. The summed E-state index contributed by atoms with van der Waals surface area (Å²) in [5.74, 6) is 0. The number of rotatable bonds is 1. The van der Waals surface area contributed by atoms with E-state index in [-0.39, 0.29) is 0 Å². The highest BCUT2D eigenvalue weighted by Crippen LogP contribution is 2.22. The van der Waals surface area contributed by atoms with Crippen molar-refractivity contribution < 1.29 is 0 Å². The lowest BCUT2D eigenvalue weighted by Crippen LogP contribution is -1.86. The third-order valence-electron chi connectivity index (χ3n) is 2.68. The van der Waals surface area contributed by atoms with Crippen LogP contribution in [0.15, 0.2) is 47.5 Å². The van der Waals surface area contributed by atoms with E-state index >= 15 is 0 Å². The molecule has 3 heterocycles. The van der Waals surface area contributed by atoms with Crippen LogP contribution in [0.2, 0.25) is 0 Å². The second kappa shape index (κ2) is 3.96. The van der Waals surface area contributed by atoms with Crippen LogP contribution in [0.25, 0.3) is 16.9 Å². The number of aromatic nitrogens is 3. The third kappa shape index (κ3) is 1.85. The quantitative estimate of drug-likeness (QED) is 0.686. The molecule has 4 heteroatoms. The normalized spacial score (nSPS) is 10.9. The molecule has 3 aromatic heterocycles. The lowest BCUT2D eigenvalue weighted by Gasteiger charge is -1.97. The van der Waals surface area contributed by atoms with Crippen molar-refractivity contribution in [1.82, 2.24) is 14.4 Å². The fraction of sp³-hybridized carbons (Fsp3) is 0.0769. The van der Waals surface area contributed by atoms with Gasteiger partial charge in [0, 0.05) is 34.8 Å². The van der Waals surface area contributed by atoms with E-state index in [1.165, 1.54) is 0 Å². The van der Waals surface area contributed by atoms with E-state index in [2.05, 4.69) is 38.9 Å². The van der Waals surface area contributed by atoms with Crippen molar-refractivity contribution >= 4 is 21.6 Å². The molecule has 0 aliphatic rings. The van der Waals surface area contributed by atoms with Gasteiger partial charge in [-0.3, -0.25) is 4.98 Å². The first-order valence-electron chi connectivity index (χ1n) is 5.29. The van der Waals surface area contributed by atoms with Gasteiger partial charge in [0.15, 0.2) is 0 Å². The summed E-state index contributed by atoms with van der Waals surface area (Å²) in [6, 6.07) is 6.00. The molecule has 3 rings (SSSR count). The molecular weight excluding hydrogens is 278 g/mol. The predicted octanol–water partition coefficient (Wildman–Crippen LogP) is 3.47. The van der Waals surface area contributed by atoms with Gasteiger partial charge in [-0.1, -0.05) is 0 Å². The van der Waals surface area contributed by atoms with Crippen LogP contribution in [-0.2, 0) is 0 Å². The molecule has 17 heavy (non-hydrogen) atoms. The fourth-order valence-electron chi connectivity index (χ4n) is 1.89. The van der Waals surface area contributed by atoms with Gasteiger partial charge in [0.05, 0.1) is 5.69 Å². The van der Waals surface area contributed by atoms with Crippen LogP contribution in [0.3, 0.4) is 0 Å². The first kappa shape index (κ1) is 10.5. The lowest BCUT2D eigenvalue weighted by molar-refractivity contribution is 1.15. The van der Waals surface area contributed by atoms with Crippen molar-refractivity contribution in [3.63, 3.8) is 0 Å². The summed E-state index contributed by atoms with van der Waals surface area (Å²) in [7, 11) is 0. The van der Waals surface area contributed by atoms with Crippen molar-refractivity contribution in [3.8, 4) is 11.3 Å². The van der Waals surface area contributed by atoms with Crippen molar-refractivity contribution in [2.75, 3.05) is 0 Å². The first-order valence-corrected chi connectivity index (χ1v) is 6.08. The zero-order chi connectivity index (χ0) is 11.8. The largest absolute Gasteiger partial charge is 0.305 e. The van der Waals surface area contributed by atoms with E-state index in [4.69, 9.17) is 0 Å². The van der Waals surface area contributed by atoms with Crippen LogP contribution in [0.5, 0.6) is 0 Å². The van der Waals surface area contributed by atoms with Crippen LogP contribution in [-0.4, -0.2) is 14.4 Å². The molecule has 0 fully saturated rings. The van der Waals surface area contributed by atoms with Gasteiger partial charge in [-0.05, 0) is 46.6 Å². The minimum absolute atomic E-state index is 0.966. The Labute approximate surface area is 107 Å². The number of fused-ring (bicyclic) bond motifs is 1. The number of pyridine rings is 2. The van der Waals surface area contributed by atoms with Crippen molar-refractivity contribution in [1.29, 1.82) is 0 Å².